The predicted molar refractivity (Wildman–Crippen MR) is 73.8 cm³/mol. The number of benzene rings is 2. The van der Waals surface area contributed by atoms with Gasteiger partial charge in [-0.05, 0) is 35.4 Å². The fourth-order valence-corrected chi connectivity index (χ4v) is 2.56. The lowest BCUT2D eigenvalue weighted by Gasteiger charge is -1.98. The van der Waals surface area contributed by atoms with Gasteiger partial charge in [0.15, 0.2) is 17.4 Å². The monoisotopic (exact) mass is 290 g/mol. The zero-order valence-corrected chi connectivity index (χ0v) is 11.0. The van der Waals surface area contributed by atoms with E-state index < -0.39 is 11.6 Å². The van der Waals surface area contributed by atoms with Gasteiger partial charge in [-0.15, -0.1) is 0 Å². The van der Waals surface area contributed by atoms with E-state index in [0.29, 0.717) is 28.1 Å². The van der Waals surface area contributed by atoms with Gasteiger partial charge in [-0.1, -0.05) is 29.8 Å². The van der Waals surface area contributed by atoms with Crippen molar-refractivity contribution >= 4 is 23.5 Å². The van der Waals surface area contributed by atoms with Crippen molar-refractivity contribution in [2.24, 2.45) is 0 Å². The molecule has 0 amide bonds. The quantitative estimate of drug-likeness (QED) is 0.710. The molecule has 4 heteroatoms. The zero-order chi connectivity index (χ0) is 14.3. The fourth-order valence-electron chi connectivity index (χ4n) is 2.31. The first-order valence-electron chi connectivity index (χ1n) is 6.04. The molecule has 0 aromatic heterocycles. The summed E-state index contributed by atoms with van der Waals surface area (Å²) >= 11 is 6.06. The lowest BCUT2D eigenvalue weighted by Crippen LogP contribution is -1.95. The molecule has 0 aliphatic heterocycles. The van der Waals surface area contributed by atoms with Gasteiger partial charge in [0.25, 0.3) is 0 Å². The molecule has 0 bridgehead atoms. The third-order valence-electron chi connectivity index (χ3n) is 3.31. The Labute approximate surface area is 119 Å². The van der Waals surface area contributed by atoms with Gasteiger partial charge in [0, 0.05) is 22.6 Å². The van der Waals surface area contributed by atoms with Crippen LogP contribution in [0.5, 0.6) is 0 Å². The van der Waals surface area contributed by atoms with E-state index in [2.05, 4.69) is 0 Å². The summed E-state index contributed by atoms with van der Waals surface area (Å²) in [7, 11) is 0. The second kappa shape index (κ2) is 4.84. The molecule has 2 aromatic rings. The molecule has 0 unspecified atom stereocenters. The van der Waals surface area contributed by atoms with Crippen molar-refractivity contribution < 1.29 is 13.6 Å². The smallest absolute Gasteiger partial charge is 0.189 e. The maximum absolute atomic E-state index is 13.2. The Hall–Kier alpha value is -2.00. The second-order valence-corrected chi connectivity index (χ2v) is 5.02. The Morgan fingerprint density at radius 1 is 1.10 bits per heavy atom. The Kier molecular flexibility index (Phi) is 3.14. The molecule has 0 heterocycles. The van der Waals surface area contributed by atoms with E-state index in [9.17, 15) is 13.6 Å². The van der Waals surface area contributed by atoms with Crippen LogP contribution in [-0.2, 0) is 6.42 Å². The van der Waals surface area contributed by atoms with Crippen LogP contribution in [0.15, 0.2) is 42.0 Å². The summed E-state index contributed by atoms with van der Waals surface area (Å²) in [6, 6.07) is 8.72. The number of rotatable bonds is 1. The number of fused-ring (bicyclic) bond motifs is 1. The van der Waals surface area contributed by atoms with E-state index in [0.717, 1.165) is 17.7 Å². The maximum atomic E-state index is 13.2. The number of Topliss-reactive ketones (excluding diaryl/α,β-unsaturated/α-hetero) is 1. The summed E-state index contributed by atoms with van der Waals surface area (Å²) in [5.41, 5.74) is 2.34. The summed E-state index contributed by atoms with van der Waals surface area (Å²) in [5, 5.41) is 0.546. The summed E-state index contributed by atoms with van der Waals surface area (Å²) in [6.45, 7) is 0. The third-order valence-corrected chi connectivity index (χ3v) is 3.66. The molecular weight excluding hydrogens is 282 g/mol. The van der Waals surface area contributed by atoms with Crippen molar-refractivity contribution in [3.63, 3.8) is 0 Å². The number of halogens is 3. The van der Waals surface area contributed by atoms with E-state index in [1.54, 1.807) is 24.3 Å². The molecule has 0 fully saturated rings. The van der Waals surface area contributed by atoms with Gasteiger partial charge < -0.3 is 0 Å². The molecule has 0 saturated carbocycles. The SMILES string of the molecule is O=C1/C(=C\c2ccc(F)c(F)c2)Cc2c(Cl)cccc21. The minimum absolute atomic E-state index is 0.118. The summed E-state index contributed by atoms with van der Waals surface area (Å²) in [4.78, 5) is 12.2. The first kappa shape index (κ1) is 13.0. The molecule has 0 spiro atoms. The van der Waals surface area contributed by atoms with Crippen LogP contribution >= 0.6 is 11.6 Å². The summed E-state index contributed by atoms with van der Waals surface area (Å²) < 4.78 is 26.0. The molecular formula is C16H9ClF2O. The first-order chi connectivity index (χ1) is 9.56. The van der Waals surface area contributed by atoms with Gasteiger partial charge in [-0.2, -0.15) is 0 Å². The van der Waals surface area contributed by atoms with Crippen molar-refractivity contribution in [2.45, 2.75) is 6.42 Å². The van der Waals surface area contributed by atoms with Gasteiger partial charge in [0.2, 0.25) is 0 Å². The van der Waals surface area contributed by atoms with Crippen molar-refractivity contribution in [1.82, 2.24) is 0 Å². The Morgan fingerprint density at radius 2 is 1.90 bits per heavy atom. The molecule has 1 nitrogen and oxygen atoms in total. The molecule has 1 aliphatic carbocycles. The summed E-state index contributed by atoms with van der Waals surface area (Å²) in [5.74, 6) is -1.95. The molecule has 100 valence electrons. The molecule has 20 heavy (non-hydrogen) atoms. The molecule has 0 atom stereocenters. The van der Waals surface area contributed by atoms with Gasteiger partial charge >= 0.3 is 0 Å². The van der Waals surface area contributed by atoms with Crippen LogP contribution in [0, 0.1) is 11.6 Å². The lowest BCUT2D eigenvalue weighted by molar-refractivity contribution is 0.104. The van der Waals surface area contributed by atoms with Gasteiger partial charge in [-0.25, -0.2) is 8.78 Å². The molecule has 1 aliphatic rings. The highest BCUT2D eigenvalue weighted by Gasteiger charge is 2.26. The number of hydrogen-bond donors (Lipinski definition) is 0. The standard InChI is InChI=1S/C16H9ClF2O/c17-13-3-1-2-11-12(13)8-10(16(11)20)6-9-4-5-14(18)15(19)7-9/h1-7H,8H2/b10-6-. The summed E-state index contributed by atoms with van der Waals surface area (Å²) in [6.07, 6.45) is 1.98. The van der Waals surface area contributed by atoms with Gasteiger partial charge in [0.1, 0.15) is 0 Å². The van der Waals surface area contributed by atoms with Crippen molar-refractivity contribution in [3.05, 3.63) is 75.3 Å². The zero-order valence-electron chi connectivity index (χ0n) is 10.3. The minimum atomic E-state index is -0.930. The van der Waals surface area contributed by atoms with E-state index in [-0.39, 0.29) is 5.78 Å². The molecule has 2 aromatic carbocycles. The normalized spacial score (nSPS) is 15.8. The Balaban J connectivity index is 2.01. The van der Waals surface area contributed by atoms with Gasteiger partial charge in [0.05, 0.1) is 0 Å². The number of carbonyl (C=O) groups is 1. The van der Waals surface area contributed by atoms with Crippen LogP contribution in [0.2, 0.25) is 5.02 Å². The van der Waals surface area contributed by atoms with Crippen LogP contribution in [0.25, 0.3) is 6.08 Å². The highest BCUT2D eigenvalue weighted by atomic mass is 35.5. The minimum Gasteiger partial charge on any atom is -0.289 e. The van der Waals surface area contributed by atoms with E-state index in [1.807, 2.05) is 0 Å². The predicted octanol–water partition coefficient (Wildman–Crippen LogP) is 4.44. The van der Waals surface area contributed by atoms with Crippen molar-refractivity contribution in [3.8, 4) is 0 Å². The lowest BCUT2D eigenvalue weighted by atomic mass is 10.1. The Morgan fingerprint density at radius 3 is 2.60 bits per heavy atom. The Bertz CT molecular complexity index is 750. The highest BCUT2D eigenvalue weighted by Crippen LogP contribution is 2.32. The largest absolute Gasteiger partial charge is 0.289 e. The van der Waals surface area contributed by atoms with Crippen LogP contribution in [0.4, 0.5) is 8.78 Å². The molecule has 0 N–H and O–H groups in total. The second-order valence-electron chi connectivity index (χ2n) is 4.61. The molecule has 0 saturated heterocycles. The maximum Gasteiger partial charge on any atom is 0.189 e. The van der Waals surface area contributed by atoms with Crippen LogP contribution in [-0.4, -0.2) is 5.78 Å². The third kappa shape index (κ3) is 2.14. The van der Waals surface area contributed by atoms with Crippen LogP contribution in [0.1, 0.15) is 21.5 Å². The average molecular weight is 291 g/mol. The van der Waals surface area contributed by atoms with Gasteiger partial charge in [-0.3, -0.25) is 4.79 Å². The number of allylic oxidation sites excluding steroid dienone is 1. The number of carbonyl (C=O) groups excluding carboxylic acids is 1. The number of hydrogen-bond acceptors (Lipinski definition) is 1. The van der Waals surface area contributed by atoms with Crippen molar-refractivity contribution in [2.75, 3.05) is 0 Å². The highest BCUT2D eigenvalue weighted by molar-refractivity contribution is 6.33. The van der Waals surface area contributed by atoms with E-state index in [1.165, 1.54) is 6.07 Å². The molecule has 0 radical (unpaired) electrons. The number of ketones is 1. The molecule has 3 rings (SSSR count). The topological polar surface area (TPSA) is 17.1 Å². The van der Waals surface area contributed by atoms with E-state index in [4.69, 9.17) is 11.6 Å². The average Bonchev–Trinajstić information content (AvgIpc) is 2.73. The van der Waals surface area contributed by atoms with E-state index >= 15 is 0 Å². The fraction of sp³-hybridized carbons (Fsp3) is 0.0625. The first-order valence-corrected chi connectivity index (χ1v) is 6.42. The van der Waals surface area contributed by atoms with Crippen LogP contribution < -0.4 is 0 Å². The van der Waals surface area contributed by atoms with Crippen LogP contribution in [0.3, 0.4) is 0 Å². The van der Waals surface area contributed by atoms with Crippen molar-refractivity contribution in [1.29, 1.82) is 0 Å².